The highest BCUT2D eigenvalue weighted by Crippen LogP contribution is 2.42. The zero-order valence-electron chi connectivity index (χ0n) is 9.37. The average molecular weight is 307 g/mol. The summed E-state index contributed by atoms with van der Waals surface area (Å²) in [4.78, 5) is 0. The highest BCUT2D eigenvalue weighted by atomic mass is 79.9. The predicted octanol–water partition coefficient (Wildman–Crippen LogP) is 5.22. The molecule has 1 aromatic heterocycles. The molecule has 17 heavy (non-hydrogen) atoms. The topological polar surface area (TPSA) is 9.23 Å². The maximum Gasteiger partial charge on any atom is 0.137 e. The Morgan fingerprint density at radius 2 is 2.00 bits per heavy atom. The van der Waals surface area contributed by atoms with Gasteiger partial charge in [0.15, 0.2) is 0 Å². The van der Waals surface area contributed by atoms with Gasteiger partial charge in [0, 0.05) is 19.9 Å². The van der Waals surface area contributed by atoms with Gasteiger partial charge in [0.05, 0.1) is 11.3 Å². The summed E-state index contributed by atoms with van der Waals surface area (Å²) in [7, 11) is 0. The highest BCUT2D eigenvalue weighted by Gasteiger charge is 2.11. The van der Waals surface area contributed by atoms with Crippen LogP contribution in [-0.2, 0) is 0 Å². The van der Waals surface area contributed by atoms with Crippen LogP contribution in [0.2, 0.25) is 0 Å². The number of halogens is 1. The molecule has 0 aliphatic heterocycles. The Hall–Kier alpha value is -1.06. The number of thiophene rings is 1. The quantitative estimate of drug-likeness (QED) is 0.631. The third kappa shape index (κ3) is 1.74. The van der Waals surface area contributed by atoms with E-state index < -0.39 is 0 Å². The molecule has 0 amide bonds. The molecule has 0 fully saturated rings. The van der Waals surface area contributed by atoms with Crippen molar-refractivity contribution >= 4 is 47.4 Å². The molecule has 0 unspecified atom stereocenters. The van der Waals surface area contributed by atoms with Gasteiger partial charge in [-0.05, 0) is 25.1 Å². The molecule has 0 aliphatic carbocycles. The molecule has 1 nitrogen and oxygen atoms in total. The van der Waals surface area contributed by atoms with Gasteiger partial charge in [-0.2, -0.15) is 0 Å². The van der Waals surface area contributed by atoms with E-state index in [1.165, 1.54) is 20.2 Å². The van der Waals surface area contributed by atoms with Gasteiger partial charge < -0.3 is 4.74 Å². The number of hydrogen-bond acceptors (Lipinski definition) is 2. The van der Waals surface area contributed by atoms with Crippen molar-refractivity contribution in [1.82, 2.24) is 0 Å². The number of ether oxygens (including phenoxy) is 1. The normalized spacial score (nSPS) is 11.2. The molecule has 86 valence electrons. The van der Waals surface area contributed by atoms with Crippen LogP contribution in [0, 0.1) is 0 Å². The van der Waals surface area contributed by atoms with Crippen LogP contribution in [-0.4, -0.2) is 6.61 Å². The van der Waals surface area contributed by atoms with Gasteiger partial charge in [-0.1, -0.05) is 34.1 Å². The van der Waals surface area contributed by atoms with E-state index in [0.29, 0.717) is 6.61 Å². The lowest BCUT2D eigenvalue weighted by Gasteiger charge is -2.05. The van der Waals surface area contributed by atoms with Crippen LogP contribution in [0.25, 0.3) is 20.2 Å². The van der Waals surface area contributed by atoms with E-state index >= 15 is 0 Å². The standard InChI is InChI=1S/C14H11BrOS/c1-2-16-11-8-7-10(15)13-9-5-3-4-6-12(9)17-14(11)13/h3-8H,2H2,1H3. The van der Waals surface area contributed by atoms with E-state index in [2.05, 4.69) is 46.3 Å². The van der Waals surface area contributed by atoms with Gasteiger partial charge in [-0.3, -0.25) is 0 Å². The summed E-state index contributed by atoms with van der Waals surface area (Å²) < 4.78 is 9.35. The molecule has 0 bridgehead atoms. The minimum Gasteiger partial charge on any atom is -0.492 e. The van der Waals surface area contributed by atoms with E-state index in [1.807, 2.05) is 13.0 Å². The molecule has 0 spiro atoms. The summed E-state index contributed by atoms with van der Waals surface area (Å²) in [5.74, 6) is 0.979. The predicted molar refractivity (Wildman–Crippen MR) is 78.2 cm³/mol. The molecule has 0 saturated heterocycles. The lowest BCUT2D eigenvalue weighted by Crippen LogP contribution is -1.90. The Kier molecular flexibility index (Phi) is 2.81. The number of rotatable bonds is 2. The Bertz CT molecular complexity index is 687. The Balaban J connectivity index is 2.45. The fourth-order valence-corrected chi connectivity index (χ4v) is 3.90. The second-order valence-corrected chi connectivity index (χ2v) is 5.69. The molecule has 0 atom stereocenters. The van der Waals surface area contributed by atoms with Crippen LogP contribution in [0.3, 0.4) is 0 Å². The molecule has 0 N–H and O–H groups in total. The Morgan fingerprint density at radius 1 is 1.18 bits per heavy atom. The van der Waals surface area contributed by atoms with Crippen molar-refractivity contribution in [3.63, 3.8) is 0 Å². The van der Waals surface area contributed by atoms with E-state index in [9.17, 15) is 0 Å². The monoisotopic (exact) mass is 306 g/mol. The zero-order valence-corrected chi connectivity index (χ0v) is 11.8. The van der Waals surface area contributed by atoms with Crippen LogP contribution in [0.4, 0.5) is 0 Å². The fourth-order valence-electron chi connectivity index (χ4n) is 2.03. The van der Waals surface area contributed by atoms with E-state index in [4.69, 9.17) is 4.74 Å². The Morgan fingerprint density at radius 3 is 2.82 bits per heavy atom. The summed E-state index contributed by atoms with van der Waals surface area (Å²) in [5.41, 5.74) is 0. The summed E-state index contributed by atoms with van der Waals surface area (Å²) >= 11 is 5.42. The van der Waals surface area contributed by atoms with E-state index in [1.54, 1.807) is 11.3 Å². The fraction of sp³-hybridized carbons (Fsp3) is 0.143. The third-order valence-electron chi connectivity index (χ3n) is 2.74. The molecule has 3 rings (SSSR count). The van der Waals surface area contributed by atoms with Gasteiger partial charge >= 0.3 is 0 Å². The molecule has 0 radical (unpaired) electrons. The minimum absolute atomic E-state index is 0.699. The summed E-state index contributed by atoms with van der Waals surface area (Å²) in [5, 5.41) is 2.55. The van der Waals surface area contributed by atoms with Gasteiger partial charge in [0.25, 0.3) is 0 Å². The smallest absolute Gasteiger partial charge is 0.137 e. The van der Waals surface area contributed by atoms with Gasteiger partial charge in [0.1, 0.15) is 5.75 Å². The van der Waals surface area contributed by atoms with Crippen LogP contribution in [0.15, 0.2) is 40.9 Å². The minimum atomic E-state index is 0.699. The summed E-state index contributed by atoms with van der Waals surface area (Å²) in [6.45, 7) is 2.71. The van der Waals surface area contributed by atoms with Crippen molar-refractivity contribution in [3.8, 4) is 5.75 Å². The molecule has 0 saturated carbocycles. The lowest BCUT2D eigenvalue weighted by molar-refractivity contribution is 0.345. The van der Waals surface area contributed by atoms with Crippen molar-refractivity contribution in [2.45, 2.75) is 6.92 Å². The van der Waals surface area contributed by atoms with Crippen molar-refractivity contribution in [3.05, 3.63) is 40.9 Å². The van der Waals surface area contributed by atoms with E-state index in [-0.39, 0.29) is 0 Å². The maximum atomic E-state index is 5.69. The third-order valence-corrected chi connectivity index (χ3v) is 4.59. The molecular weight excluding hydrogens is 296 g/mol. The molecule has 3 heteroatoms. The van der Waals surface area contributed by atoms with Gasteiger partial charge in [0.2, 0.25) is 0 Å². The second-order valence-electron chi connectivity index (χ2n) is 3.78. The maximum absolute atomic E-state index is 5.69. The average Bonchev–Trinajstić information content (AvgIpc) is 2.73. The summed E-state index contributed by atoms with van der Waals surface area (Å²) in [6, 6.07) is 12.6. The highest BCUT2D eigenvalue weighted by molar-refractivity contribution is 9.10. The number of hydrogen-bond donors (Lipinski definition) is 0. The van der Waals surface area contributed by atoms with Crippen molar-refractivity contribution in [2.75, 3.05) is 6.61 Å². The van der Waals surface area contributed by atoms with Gasteiger partial charge in [-0.25, -0.2) is 0 Å². The molecule has 3 aromatic rings. The van der Waals surface area contributed by atoms with Crippen molar-refractivity contribution in [2.24, 2.45) is 0 Å². The first-order chi connectivity index (χ1) is 8.31. The van der Waals surface area contributed by atoms with Crippen LogP contribution in [0.5, 0.6) is 5.75 Å². The Labute approximate surface area is 112 Å². The first-order valence-electron chi connectivity index (χ1n) is 5.54. The molecule has 2 aromatic carbocycles. The van der Waals surface area contributed by atoms with Crippen LogP contribution < -0.4 is 4.74 Å². The number of fused-ring (bicyclic) bond motifs is 3. The van der Waals surface area contributed by atoms with Crippen molar-refractivity contribution < 1.29 is 4.74 Å². The van der Waals surface area contributed by atoms with Crippen LogP contribution in [0.1, 0.15) is 6.92 Å². The molecular formula is C14H11BrOS. The number of benzene rings is 2. The second kappa shape index (κ2) is 4.31. The molecule has 0 aliphatic rings. The van der Waals surface area contributed by atoms with E-state index in [0.717, 1.165) is 10.2 Å². The first kappa shape index (κ1) is 11.1. The lowest BCUT2D eigenvalue weighted by atomic mass is 10.1. The van der Waals surface area contributed by atoms with Crippen molar-refractivity contribution in [1.29, 1.82) is 0 Å². The zero-order chi connectivity index (χ0) is 11.8. The largest absolute Gasteiger partial charge is 0.492 e. The SMILES string of the molecule is CCOc1ccc(Br)c2c1sc1ccccc12. The summed E-state index contributed by atoms with van der Waals surface area (Å²) in [6.07, 6.45) is 0. The van der Waals surface area contributed by atoms with Crippen LogP contribution >= 0.6 is 27.3 Å². The first-order valence-corrected chi connectivity index (χ1v) is 7.14. The molecule has 1 heterocycles. The van der Waals surface area contributed by atoms with Gasteiger partial charge in [-0.15, -0.1) is 11.3 Å².